The lowest BCUT2D eigenvalue weighted by atomic mass is 10.1. The molecule has 2 N–H and O–H groups in total. The Kier molecular flexibility index (Phi) is 3.41. The minimum Gasteiger partial charge on any atom is -0.497 e. The highest BCUT2D eigenvalue weighted by Gasteiger charge is 2.12. The van der Waals surface area contributed by atoms with Crippen molar-refractivity contribution in [2.45, 2.75) is 19.4 Å². The average Bonchev–Trinajstić information content (AvgIpc) is 2.10. The SMILES string of the molecule is COc1cc(F)c(C[C@H](C)N)c(F)c1. The molecule has 1 rings (SSSR count). The predicted octanol–water partition coefficient (Wildman–Crippen LogP) is 1.86. The van der Waals surface area contributed by atoms with Gasteiger partial charge in [-0.3, -0.25) is 0 Å². The largest absolute Gasteiger partial charge is 0.497 e. The van der Waals surface area contributed by atoms with Crippen LogP contribution in [0.3, 0.4) is 0 Å². The van der Waals surface area contributed by atoms with Gasteiger partial charge in [0.25, 0.3) is 0 Å². The number of hydrogen-bond acceptors (Lipinski definition) is 2. The lowest BCUT2D eigenvalue weighted by Crippen LogP contribution is -2.19. The minimum absolute atomic E-state index is 0.0146. The van der Waals surface area contributed by atoms with Gasteiger partial charge < -0.3 is 10.5 Å². The lowest BCUT2D eigenvalue weighted by Gasteiger charge is -2.09. The van der Waals surface area contributed by atoms with Gasteiger partial charge in [-0.25, -0.2) is 8.78 Å². The van der Waals surface area contributed by atoms with Crippen molar-refractivity contribution in [1.82, 2.24) is 0 Å². The van der Waals surface area contributed by atoms with E-state index in [1.54, 1.807) is 6.92 Å². The van der Waals surface area contributed by atoms with Gasteiger partial charge in [-0.2, -0.15) is 0 Å². The van der Waals surface area contributed by atoms with Crippen molar-refractivity contribution >= 4 is 0 Å². The van der Waals surface area contributed by atoms with Crippen LogP contribution < -0.4 is 10.5 Å². The molecule has 0 saturated carbocycles. The fraction of sp³-hybridized carbons (Fsp3) is 0.400. The molecule has 14 heavy (non-hydrogen) atoms. The first-order valence-electron chi connectivity index (χ1n) is 4.32. The zero-order valence-electron chi connectivity index (χ0n) is 8.18. The summed E-state index contributed by atoms with van der Waals surface area (Å²) in [5.74, 6) is -1.05. The number of rotatable bonds is 3. The summed E-state index contributed by atoms with van der Waals surface area (Å²) in [6.07, 6.45) is 0.182. The van der Waals surface area contributed by atoms with Crippen molar-refractivity contribution < 1.29 is 13.5 Å². The standard InChI is InChI=1S/C10H13F2NO/c1-6(13)3-8-9(11)4-7(14-2)5-10(8)12/h4-6H,3,13H2,1-2H3/t6-/m0/s1. The topological polar surface area (TPSA) is 35.2 Å². The van der Waals surface area contributed by atoms with Crippen LogP contribution in [0.1, 0.15) is 12.5 Å². The number of hydrogen-bond donors (Lipinski definition) is 1. The van der Waals surface area contributed by atoms with Gasteiger partial charge in [0.1, 0.15) is 17.4 Å². The average molecular weight is 201 g/mol. The van der Waals surface area contributed by atoms with E-state index in [0.717, 1.165) is 12.1 Å². The van der Waals surface area contributed by atoms with Crippen LogP contribution in [0.5, 0.6) is 5.75 Å². The zero-order valence-corrected chi connectivity index (χ0v) is 8.18. The van der Waals surface area contributed by atoms with E-state index in [-0.39, 0.29) is 23.8 Å². The van der Waals surface area contributed by atoms with Crippen LogP contribution in [0.4, 0.5) is 8.78 Å². The summed E-state index contributed by atoms with van der Waals surface area (Å²) in [7, 11) is 1.36. The minimum atomic E-state index is -0.612. The van der Waals surface area contributed by atoms with Crippen molar-refractivity contribution in [3.63, 3.8) is 0 Å². The summed E-state index contributed by atoms with van der Waals surface area (Å²) in [4.78, 5) is 0. The first-order chi connectivity index (χ1) is 6.54. The van der Waals surface area contributed by atoms with Crippen LogP contribution in [-0.2, 0) is 6.42 Å². The molecule has 0 amide bonds. The van der Waals surface area contributed by atoms with Crippen molar-refractivity contribution in [3.05, 3.63) is 29.3 Å². The van der Waals surface area contributed by atoms with E-state index in [4.69, 9.17) is 10.5 Å². The molecule has 78 valence electrons. The highest BCUT2D eigenvalue weighted by molar-refractivity contribution is 5.30. The molecule has 1 aromatic rings. The molecule has 0 radical (unpaired) electrons. The van der Waals surface area contributed by atoms with Gasteiger partial charge in [-0.05, 0) is 13.3 Å². The maximum absolute atomic E-state index is 13.3. The Morgan fingerprint density at radius 1 is 1.36 bits per heavy atom. The van der Waals surface area contributed by atoms with Gasteiger partial charge in [0, 0.05) is 23.7 Å². The van der Waals surface area contributed by atoms with E-state index >= 15 is 0 Å². The van der Waals surface area contributed by atoms with Gasteiger partial charge in [-0.15, -0.1) is 0 Å². The Hall–Kier alpha value is -1.16. The highest BCUT2D eigenvalue weighted by Crippen LogP contribution is 2.21. The molecule has 0 fully saturated rings. The number of halogens is 2. The Balaban J connectivity index is 3.05. The Bertz CT molecular complexity index is 303. The Morgan fingerprint density at radius 3 is 2.21 bits per heavy atom. The molecule has 0 aliphatic rings. The first-order valence-corrected chi connectivity index (χ1v) is 4.32. The van der Waals surface area contributed by atoms with Crippen LogP contribution in [0.15, 0.2) is 12.1 Å². The summed E-state index contributed by atoms with van der Waals surface area (Å²) < 4.78 is 31.3. The normalized spacial score (nSPS) is 12.6. The van der Waals surface area contributed by atoms with E-state index in [1.807, 2.05) is 0 Å². The second-order valence-electron chi connectivity index (χ2n) is 3.25. The van der Waals surface area contributed by atoms with Crippen LogP contribution in [-0.4, -0.2) is 13.2 Å². The summed E-state index contributed by atoms with van der Waals surface area (Å²) in [5.41, 5.74) is 5.48. The van der Waals surface area contributed by atoms with E-state index < -0.39 is 11.6 Å². The third kappa shape index (κ3) is 2.42. The van der Waals surface area contributed by atoms with Crippen molar-refractivity contribution in [1.29, 1.82) is 0 Å². The Labute approximate surface area is 81.7 Å². The smallest absolute Gasteiger partial charge is 0.133 e. The van der Waals surface area contributed by atoms with Crippen molar-refractivity contribution in [3.8, 4) is 5.75 Å². The quantitative estimate of drug-likeness (QED) is 0.810. The van der Waals surface area contributed by atoms with E-state index in [1.165, 1.54) is 7.11 Å². The third-order valence-electron chi connectivity index (χ3n) is 1.88. The van der Waals surface area contributed by atoms with E-state index in [0.29, 0.717) is 0 Å². The van der Waals surface area contributed by atoms with Crippen molar-refractivity contribution in [2.24, 2.45) is 5.73 Å². The molecule has 1 atom stereocenters. The fourth-order valence-electron chi connectivity index (χ4n) is 1.21. The predicted molar refractivity (Wildman–Crippen MR) is 50.3 cm³/mol. The molecule has 0 saturated heterocycles. The number of methoxy groups -OCH3 is 1. The zero-order chi connectivity index (χ0) is 10.7. The molecule has 0 aromatic heterocycles. The molecule has 0 spiro atoms. The number of ether oxygens (including phenoxy) is 1. The lowest BCUT2D eigenvalue weighted by molar-refractivity contribution is 0.404. The van der Waals surface area contributed by atoms with Crippen LogP contribution in [0, 0.1) is 11.6 Å². The summed E-state index contributed by atoms with van der Waals surface area (Å²) in [6, 6.07) is 2.04. The van der Waals surface area contributed by atoms with Gasteiger partial charge in [0.05, 0.1) is 7.11 Å². The summed E-state index contributed by atoms with van der Waals surface area (Å²) in [6.45, 7) is 1.70. The molecular formula is C10H13F2NO. The molecule has 0 aliphatic heterocycles. The number of nitrogens with two attached hydrogens (primary N) is 1. The molecule has 4 heteroatoms. The fourth-order valence-corrected chi connectivity index (χ4v) is 1.21. The van der Waals surface area contributed by atoms with E-state index in [2.05, 4.69) is 0 Å². The number of benzene rings is 1. The van der Waals surface area contributed by atoms with Crippen molar-refractivity contribution in [2.75, 3.05) is 7.11 Å². The maximum atomic E-state index is 13.3. The van der Waals surface area contributed by atoms with Gasteiger partial charge in [0.2, 0.25) is 0 Å². The second-order valence-corrected chi connectivity index (χ2v) is 3.25. The highest BCUT2D eigenvalue weighted by atomic mass is 19.1. The molecule has 0 heterocycles. The molecule has 2 nitrogen and oxygen atoms in total. The van der Waals surface area contributed by atoms with E-state index in [9.17, 15) is 8.78 Å². The third-order valence-corrected chi connectivity index (χ3v) is 1.88. The summed E-state index contributed by atoms with van der Waals surface area (Å²) in [5, 5.41) is 0. The monoisotopic (exact) mass is 201 g/mol. The molecule has 0 bridgehead atoms. The van der Waals surface area contributed by atoms with Gasteiger partial charge in [-0.1, -0.05) is 0 Å². The maximum Gasteiger partial charge on any atom is 0.133 e. The molecule has 0 aliphatic carbocycles. The van der Waals surface area contributed by atoms with Gasteiger partial charge in [0.15, 0.2) is 0 Å². The second kappa shape index (κ2) is 4.37. The summed E-state index contributed by atoms with van der Waals surface area (Å²) >= 11 is 0. The molecule has 1 aromatic carbocycles. The molecular weight excluding hydrogens is 188 g/mol. The van der Waals surface area contributed by atoms with Crippen LogP contribution in [0.2, 0.25) is 0 Å². The van der Waals surface area contributed by atoms with Crippen LogP contribution >= 0.6 is 0 Å². The Morgan fingerprint density at radius 2 is 1.86 bits per heavy atom. The first kappa shape index (κ1) is 10.9. The van der Waals surface area contributed by atoms with Gasteiger partial charge >= 0.3 is 0 Å². The molecule has 0 unspecified atom stereocenters. The van der Waals surface area contributed by atoms with Crippen LogP contribution in [0.25, 0.3) is 0 Å².